The van der Waals surface area contributed by atoms with E-state index in [1.807, 2.05) is 0 Å². The van der Waals surface area contributed by atoms with Crippen molar-refractivity contribution in [2.24, 2.45) is 0 Å². The van der Waals surface area contributed by atoms with E-state index in [9.17, 15) is 26.3 Å². The van der Waals surface area contributed by atoms with E-state index in [1.165, 1.54) is 0 Å². The maximum atomic E-state index is 13.1. The first-order valence-electron chi connectivity index (χ1n) is 7.09. The summed E-state index contributed by atoms with van der Waals surface area (Å²) in [5.74, 6) is -1.48. The third kappa shape index (κ3) is 3.42. The van der Waals surface area contributed by atoms with Gasteiger partial charge in [-0.05, 0) is 19.1 Å². The van der Waals surface area contributed by atoms with Gasteiger partial charge in [0.25, 0.3) is 0 Å². The first-order chi connectivity index (χ1) is 11.6. The predicted octanol–water partition coefficient (Wildman–Crippen LogP) is 5.64. The Morgan fingerprint density at radius 2 is 1.40 bits per heavy atom. The van der Waals surface area contributed by atoms with Crippen LogP contribution >= 0.6 is 0 Å². The summed E-state index contributed by atoms with van der Waals surface area (Å²) in [6.45, 7) is 1.80. The topological polar surface area (TPSA) is 25.8 Å². The van der Waals surface area contributed by atoms with Gasteiger partial charge >= 0.3 is 12.4 Å². The summed E-state index contributed by atoms with van der Waals surface area (Å²) in [6.07, 6.45) is -9.55. The average Bonchev–Trinajstić information content (AvgIpc) is 2.52. The molecule has 0 atom stereocenters. The van der Waals surface area contributed by atoms with Crippen LogP contribution in [0.5, 0.6) is 0 Å². The van der Waals surface area contributed by atoms with Gasteiger partial charge in [-0.15, -0.1) is 0 Å². The van der Waals surface area contributed by atoms with E-state index < -0.39 is 29.3 Å². The molecule has 0 amide bonds. The molecule has 1 heterocycles. The largest absolute Gasteiger partial charge is 0.451 e. The van der Waals surface area contributed by atoms with Gasteiger partial charge in [-0.1, -0.05) is 35.9 Å². The van der Waals surface area contributed by atoms with E-state index in [4.69, 9.17) is 0 Å². The number of hydrogen-bond donors (Lipinski definition) is 0. The Hall–Kier alpha value is -2.64. The maximum Gasteiger partial charge on any atom is 0.451 e. The summed E-state index contributed by atoms with van der Waals surface area (Å²) in [6, 6.07) is 8.99. The SMILES string of the molecule is Cc1ccc(-c2nc(C(F)(F)F)nc3cc(C(F)(F)F)ccc23)cc1. The van der Waals surface area contributed by atoms with Gasteiger partial charge in [0.05, 0.1) is 16.8 Å². The Labute approximate surface area is 138 Å². The summed E-state index contributed by atoms with van der Waals surface area (Å²) in [7, 11) is 0. The molecule has 1 aromatic heterocycles. The van der Waals surface area contributed by atoms with Gasteiger partial charge in [0.15, 0.2) is 0 Å². The fraction of sp³-hybridized carbons (Fsp3) is 0.176. The molecule has 0 N–H and O–H groups in total. The van der Waals surface area contributed by atoms with Gasteiger partial charge in [-0.2, -0.15) is 26.3 Å². The van der Waals surface area contributed by atoms with E-state index in [1.54, 1.807) is 31.2 Å². The second-order valence-electron chi connectivity index (χ2n) is 5.49. The lowest BCUT2D eigenvalue weighted by Gasteiger charge is -2.13. The lowest BCUT2D eigenvalue weighted by molar-refractivity contribution is -0.144. The summed E-state index contributed by atoms with van der Waals surface area (Å²) in [4.78, 5) is 6.83. The molecule has 8 heteroatoms. The molecule has 0 saturated carbocycles. The number of aryl methyl sites for hydroxylation is 1. The van der Waals surface area contributed by atoms with Gasteiger partial charge in [-0.3, -0.25) is 0 Å². The highest BCUT2D eigenvalue weighted by atomic mass is 19.4. The molecule has 25 heavy (non-hydrogen) atoms. The van der Waals surface area contributed by atoms with E-state index >= 15 is 0 Å². The van der Waals surface area contributed by atoms with Crippen LogP contribution in [-0.2, 0) is 12.4 Å². The van der Waals surface area contributed by atoms with Crippen LogP contribution in [0, 0.1) is 6.92 Å². The first kappa shape index (κ1) is 17.2. The van der Waals surface area contributed by atoms with Crippen LogP contribution in [0.2, 0.25) is 0 Å². The van der Waals surface area contributed by atoms with Crippen LogP contribution in [-0.4, -0.2) is 9.97 Å². The Morgan fingerprint density at radius 3 is 1.96 bits per heavy atom. The van der Waals surface area contributed by atoms with Crippen molar-refractivity contribution >= 4 is 10.9 Å². The Bertz CT molecular complexity index is 922. The van der Waals surface area contributed by atoms with Crippen molar-refractivity contribution < 1.29 is 26.3 Å². The van der Waals surface area contributed by atoms with Crippen molar-refractivity contribution in [2.75, 3.05) is 0 Å². The smallest absolute Gasteiger partial charge is 0.224 e. The molecule has 0 aliphatic carbocycles. The minimum Gasteiger partial charge on any atom is -0.224 e. The molecule has 0 fully saturated rings. The second kappa shape index (κ2) is 5.72. The fourth-order valence-electron chi connectivity index (χ4n) is 2.36. The molecule has 0 radical (unpaired) electrons. The molecule has 2 aromatic carbocycles. The average molecular weight is 356 g/mol. The predicted molar refractivity (Wildman–Crippen MR) is 79.7 cm³/mol. The number of nitrogens with zero attached hydrogens (tertiary/aromatic N) is 2. The molecular formula is C17H10F6N2. The molecule has 0 aliphatic heterocycles. The standard InChI is InChI=1S/C17H10F6N2/c1-9-2-4-10(5-3-9)14-12-7-6-11(16(18,19)20)8-13(12)24-15(25-14)17(21,22)23/h2-8H,1H3. The van der Waals surface area contributed by atoms with Crippen LogP contribution in [0.3, 0.4) is 0 Å². The first-order valence-corrected chi connectivity index (χ1v) is 7.09. The van der Waals surface area contributed by atoms with Crippen molar-refractivity contribution in [1.82, 2.24) is 9.97 Å². The zero-order chi connectivity index (χ0) is 18.4. The number of rotatable bonds is 1. The van der Waals surface area contributed by atoms with E-state index in [-0.39, 0.29) is 11.1 Å². The number of fused-ring (bicyclic) bond motifs is 1. The van der Waals surface area contributed by atoms with Gasteiger partial charge in [0, 0.05) is 10.9 Å². The zero-order valence-corrected chi connectivity index (χ0v) is 12.7. The minimum absolute atomic E-state index is 0.0638. The zero-order valence-electron chi connectivity index (χ0n) is 12.7. The molecule has 0 unspecified atom stereocenters. The van der Waals surface area contributed by atoms with Gasteiger partial charge in [0.2, 0.25) is 5.82 Å². The monoisotopic (exact) mass is 356 g/mol. The minimum atomic E-state index is -4.87. The molecule has 0 saturated heterocycles. The molecule has 0 spiro atoms. The van der Waals surface area contributed by atoms with Crippen molar-refractivity contribution in [3.63, 3.8) is 0 Å². The number of hydrogen-bond acceptors (Lipinski definition) is 2. The van der Waals surface area contributed by atoms with Crippen molar-refractivity contribution in [1.29, 1.82) is 0 Å². The fourth-order valence-corrected chi connectivity index (χ4v) is 2.36. The van der Waals surface area contributed by atoms with Crippen LogP contribution in [0.15, 0.2) is 42.5 Å². The molecule has 2 nitrogen and oxygen atoms in total. The number of aromatic nitrogens is 2. The third-order valence-electron chi connectivity index (χ3n) is 3.60. The molecule has 3 rings (SSSR count). The van der Waals surface area contributed by atoms with Crippen LogP contribution in [0.4, 0.5) is 26.3 Å². The molecule has 3 aromatic rings. The summed E-state index contributed by atoms with van der Waals surface area (Å²) in [5, 5.41) is 0.116. The number of alkyl halides is 6. The Kier molecular flexibility index (Phi) is 3.93. The van der Waals surface area contributed by atoms with E-state index in [2.05, 4.69) is 9.97 Å². The lowest BCUT2D eigenvalue weighted by Crippen LogP contribution is -2.12. The van der Waals surface area contributed by atoms with Gasteiger partial charge in [-0.25, -0.2) is 9.97 Å². The van der Waals surface area contributed by atoms with Gasteiger partial charge in [0.1, 0.15) is 0 Å². The Morgan fingerprint density at radius 1 is 0.760 bits per heavy atom. The van der Waals surface area contributed by atoms with Crippen LogP contribution in [0.1, 0.15) is 17.0 Å². The molecule has 0 bridgehead atoms. The van der Waals surface area contributed by atoms with E-state index in [0.717, 1.165) is 17.7 Å². The van der Waals surface area contributed by atoms with E-state index in [0.29, 0.717) is 11.6 Å². The number of halogens is 6. The van der Waals surface area contributed by atoms with Crippen molar-refractivity contribution in [3.05, 3.63) is 59.4 Å². The second-order valence-corrected chi connectivity index (χ2v) is 5.49. The third-order valence-corrected chi connectivity index (χ3v) is 3.60. The van der Waals surface area contributed by atoms with Crippen LogP contribution in [0.25, 0.3) is 22.2 Å². The highest BCUT2D eigenvalue weighted by Crippen LogP contribution is 2.36. The maximum absolute atomic E-state index is 13.1. The number of benzene rings is 2. The lowest BCUT2D eigenvalue weighted by atomic mass is 10.0. The highest BCUT2D eigenvalue weighted by molar-refractivity contribution is 5.92. The normalized spacial score (nSPS) is 12.6. The molecule has 0 aliphatic rings. The van der Waals surface area contributed by atoms with Gasteiger partial charge < -0.3 is 0 Å². The summed E-state index contributed by atoms with van der Waals surface area (Å²) >= 11 is 0. The molecule has 130 valence electrons. The summed E-state index contributed by atoms with van der Waals surface area (Å²) < 4.78 is 77.7. The Balaban J connectivity index is 2.32. The van der Waals surface area contributed by atoms with Crippen LogP contribution < -0.4 is 0 Å². The quantitative estimate of drug-likeness (QED) is 0.527. The summed E-state index contributed by atoms with van der Waals surface area (Å²) in [5.41, 5.74) is -0.291. The highest BCUT2D eigenvalue weighted by Gasteiger charge is 2.36. The van der Waals surface area contributed by atoms with Crippen molar-refractivity contribution in [2.45, 2.75) is 19.3 Å². The molecular weight excluding hydrogens is 346 g/mol. The van der Waals surface area contributed by atoms with Crippen molar-refractivity contribution in [3.8, 4) is 11.3 Å².